The van der Waals surface area contributed by atoms with Crippen LogP contribution < -0.4 is 5.56 Å². The molecule has 1 N–H and O–H groups in total. The fourth-order valence-electron chi connectivity index (χ4n) is 2.77. The molecule has 8 nitrogen and oxygen atoms in total. The van der Waals surface area contributed by atoms with Crippen molar-refractivity contribution in [3.63, 3.8) is 0 Å². The quantitative estimate of drug-likeness (QED) is 0.739. The highest BCUT2D eigenvalue weighted by atomic mass is 19.1. The summed E-state index contributed by atoms with van der Waals surface area (Å²) >= 11 is 0. The van der Waals surface area contributed by atoms with Crippen LogP contribution in [0.1, 0.15) is 10.5 Å². The van der Waals surface area contributed by atoms with Crippen molar-refractivity contribution in [1.82, 2.24) is 24.7 Å². The zero-order valence-electron chi connectivity index (χ0n) is 13.1. The van der Waals surface area contributed by atoms with E-state index in [4.69, 9.17) is 4.74 Å². The maximum atomic E-state index is 13.1. The van der Waals surface area contributed by atoms with Crippen LogP contribution in [-0.4, -0.2) is 56.9 Å². The monoisotopic (exact) mass is 343 g/mol. The third kappa shape index (κ3) is 2.78. The smallest absolute Gasteiger partial charge is 0.277 e. The largest absolute Gasteiger partial charge is 0.378 e. The number of carbonyl (C=O) groups excluding carboxylic acids is 1. The van der Waals surface area contributed by atoms with Crippen molar-refractivity contribution in [1.29, 1.82) is 0 Å². The number of H-pyrrole nitrogens is 1. The average molecular weight is 343 g/mol. The van der Waals surface area contributed by atoms with Gasteiger partial charge >= 0.3 is 0 Å². The zero-order chi connectivity index (χ0) is 17.4. The van der Waals surface area contributed by atoms with Gasteiger partial charge in [0.15, 0.2) is 11.2 Å². The van der Waals surface area contributed by atoms with E-state index in [1.807, 2.05) is 0 Å². The van der Waals surface area contributed by atoms with Crippen LogP contribution in [0.5, 0.6) is 0 Å². The number of amides is 1. The van der Waals surface area contributed by atoms with Crippen molar-refractivity contribution in [3.8, 4) is 11.3 Å². The molecule has 1 amide bonds. The lowest BCUT2D eigenvalue weighted by molar-refractivity contribution is 0.0300. The summed E-state index contributed by atoms with van der Waals surface area (Å²) in [4.78, 5) is 29.3. The molecular formula is C16H14FN5O3. The molecule has 1 saturated heterocycles. The number of rotatable bonds is 2. The van der Waals surface area contributed by atoms with Crippen molar-refractivity contribution in [3.05, 3.63) is 52.3 Å². The molecule has 0 aliphatic carbocycles. The van der Waals surface area contributed by atoms with E-state index in [9.17, 15) is 14.0 Å². The van der Waals surface area contributed by atoms with Crippen molar-refractivity contribution in [2.24, 2.45) is 0 Å². The molecule has 1 aliphatic heterocycles. The minimum Gasteiger partial charge on any atom is -0.378 e. The van der Waals surface area contributed by atoms with Gasteiger partial charge < -0.3 is 14.6 Å². The number of carbonyl (C=O) groups is 1. The number of ether oxygens (including phenoxy) is 1. The molecule has 4 rings (SSSR count). The number of aromatic nitrogens is 4. The Balaban J connectivity index is 1.75. The summed E-state index contributed by atoms with van der Waals surface area (Å²) in [5.74, 6) is -0.718. The third-order valence-electron chi connectivity index (χ3n) is 4.07. The van der Waals surface area contributed by atoms with Crippen LogP contribution in [0.4, 0.5) is 4.39 Å². The highest BCUT2D eigenvalue weighted by Gasteiger charge is 2.25. The second-order valence-corrected chi connectivity index (χ2v) is 5.64. The lowest BCUT2D eigenvalue weighted by atomic mass is 10.1. The number of fused-ring (bicyclic) bond motifs is 1. The first-order chi connectivity index (χ1) is 12.1. The zero-order valence-corrected chi connectivity index (χ0v) is 13.1. The normalized spacial score (nSPS) is 14.8. The SMILES string of the molecule is O=C(c1nnn2cc(-c3ccc(F)cc3)[nH]c(=O)c12)N1CCOCC1. The van der Waals surface area contributed by atoms with Gasteiger partial charge in [0.05, 0.1) is 25.1 Å². The molecular weight excluding hydrogens is 329 g/mol. The minimum absolute atomic E-state index is 0.00815. The van der Waals surface area contributed by atoms with Crippen molar-refractivity contribution in [2.45, 2.75) is 0 Å². The van der Waals surface area contributed by atoms with E-state index >= 15 is 0 Å². The Labute approximate surface area is 140 Å². The summed E-state index contributed by atoms with van der Waals surface area (Å²) in [7, 11) is 0. The molecule has 0 bridgehead atoms. The standard InChI is InChI=1S/C16H14FN5O3/c17-11-3-1-10(2-4-11)12-9-22-14(15(23)18-12)13(19-20-22)16(24)21-5-7-25-8-6-21/h1-4,9H,5-8H2,(H,18,23). The maximum Gasteiger partial charge on any atom is 0.277 e. The van der Waals surface area contributed by atoms with Crippen molar-refractivity contribution in [2.75, 3.05) is 26.3 Å². The Bertz CT molecular complexity index is 989. The van der Waals surface area contributed by atoms with Gasteiger partial charge in [-0.15, -0.1) is 5.10 Å². The van der Waals surface area contributed by atoms with E-state index in [0.717, 1.165) is 0 Å². The van der Waals surface area contributed by atoms with Gasteiger partial charge in [-0.2, -0.15) is 0 Å². The molecule has 3 heterocycles. The molecule has 0 atom stereocenters. The van der Waals surface area contributed by atoms with Gasteiger partial charge in [-0.05, 0) is 29.8 Å². The topological polar surface area (TPSA) is 92.6 Å². The van der Waals surface area contributed by atoms with Crippen LogP contribution in [0.3, 0.4) is 0 Å². The molecule has 0 spiro atoms. The maximum absolute atomic E-state index is 13.1. The van der Waals surface area contributed by atoms with Gasteiger partial charge in [-0.3, -0.25) is 9.59 Å². The van der Waals surface area contributed by atoms with Gasteiger partial charge in [0.1, 0.15) is 5.82 Å². The predicted octanol–water partition coefficient (Wildman–Crippen LogP) is 0.696. The summed E-state index contributed by atoms with van der Waals surface area (Å²) in [5.41, 5.74) is 0.685. The predicted molar refractivity (Wildman–Crippen MR) is 85.7 cm³/mol. The van der Waals surface area contributed by atoms with Crippen LogP contribution in [0.25, 0.3) is 16.8 Å². The van der Waals surface area contributed by atoms with E-state index < -0.39 is 5.56 Å². The number of benzene rings is 1. The number of hydrogen-bond acceptors (Lipinski definition) is 5. The van der Waals surface area contributed by atoms with Gasteiger partial charge in [0.2, 0.25) is 0 Å². The number of halogens is 1. The molecule has 3 aromatic rings. The number of nitrogens with one attached hydrogen (secondary N) is 1. The second-order valence-electron chi connectivity index (χ2n) is 5.64. The van der Waals surface area contributed by atoms with E-state index in [1.165, 1.54) is 16.6 Å². The van der Waals surface area contributed by atoms with Gasteiger partial charge in [-0.25, -0.2) is 8.91 Å². The fraction of sp³-hybridized carbons (Fsp3) is 0.250. The molecule has 0 radical (unpaired) electrons. The van der Waals surface area contributed by atoms with Gasteiger partial charge in [0.25, 0.3) is 11.5 Å². The highest BCUT2D eigenvalue weighted by molar-refractivity contribution is 5.98. The van der Waals surface area contributed by atoms with E-state index in [1.54, 1.807) is 23.2 Å². The lowest BCUT2D eigenvalue weighted by Crippen LogP contribution is -2.41. The third-order valence-corrected chi connectivity index (χ3v) is 4.07. The molecule has 1 fully saturated rings. The Morgan fingerprint density at radius 3 is 2.64 bits per heavy atom. The van der Waals surface area contributed by atoms with Gasteiger partial charge in [-0.1, -0.05) is 5.21 Å². The van der Waals surface area contributed by atoms with E-state index in [2.05, 4.69) is 15.3 Å². The summed E-state index contributed by atoms with van der Waals surface area (Å²) in [6, 6.07) is 5.69. The molecule has 1 aromatic carbocycles. The molecule has 9 heteroatoms. The summed E-state index contributed by atoms with van der Waals surface area (Å²) in [6.07, 6.45) is 1.55. The first kappa shape index (κ1) is 15.5. The van der Waals surface area contributed by atoms with Crippen LogP contribution >= 0.6 is 0 Å². The fourth-order valence-corrected chi connectivity index (χ4v) is 2.77. The van der Waals surface area contributed by atoms with Crippen LogP contribution in [0.15, 0.2) is 35.3 Å². The Kier molecular flexibility index (Phi) is 3.77. The van der Waals surface area contributed by atoms with Crippen LogP contribution in [0, 0.1) is 5.82 Å². The van der Waals surface area contributed by atoms with Gasteiger partial charge in [0, 0.05) is 13.1 Å². The van der Waals surface area contributed by atoms with E-state index in [-0.39, 0.29) is 22.9 Å². The van der Waals surface area contributed by atoms with Crippen LogP contribution in [-0.2, 0) is 4.74 Å². The van der Waals surface area contributed by atoms with Crippen molar-refractivity contribution < 1.29 is 13.9 Å². The second kappa shape index (κ2) is 6.10. The molecule has 0 unspecified atom stereocenters. The minimum atomic E-state index is -0.483. The number of hydrogen-bond donors (Lipinski definition) is 1. The first-order valence-electron chi connectivity index (χ1n) is 7.75. The summed E-state index contributed by atoms with van der Waals surface area (Å²) in [5, 5.41) is 7.77. The number of nitrogens with zero attached hydrogens (tertiary/aromatic N) is 4. The molecule has 2 aromatic heterocycles. The Hall–Kier alpha value is -3.07. The van der Waals surface area contributed by atoms with Crippen molar-refractivity contribution >= 4 is 11.4 Å². The molecule has 25 heavy (non-hydrogen) atoms. The number of aromatic amines is 1. The number of morpholine rings is 1. The summed E-state index contributed by atoms with van der Waals surface area (Å²) in [6.45, 7) is 1.80. The average Bonchev–Trinajstić information content (AvgIpc) is 3.07. The van der Waals surface area contributed by atoms with E-state index in [0.29, 0.717) is 37.6 Å². The Morgan fingerprint density at radius 1 is 1.20 bits per heavy atom. The summed E-state index contributed by atoms with van der Waals surface area (Å²) < 4.78 is 19.5. The first-order valence-corrected chi connectivity index (χ1v) is 7.75. The highest BCUT2D eigenvalue weighted by Crippen LogP contribution is 2.17. The molecule has 128 valence electrons. The molecule has 0 saturated carbocycles. The lowest BCUT2D eigenvalue weighted by Gasteiger charge is -2.25. The molecule has 1 aliphatic rings. The van der Waals surface area contributed by atoms with Crippen LogP contribution in [0.2, 0.25) is 0 Å². The Morgan fingerprint density at radius 2 is 1.92 bits per heavy atom.